The van der Waals surface area contributed by atoms with Crippen molar-refractivity contribution in [1.82, 2.24) is 10.1 Å². The monoisotopic (exact) mass is 334 g/mol. The van der Waals surface area contributed by atoms with Crippen LogP contribution in [0, 0.1) is 0 Å². The van der Waals surface area contributed by atoms with Crippen LogP contribution in [0.2, 0.25) is 5.02 Å². The van der Waals surface area contributed by atoms with Crippen molar-refractivity contribution in [1.29, 1.82) is 0 Å². The minimum Gasteiger partial charge on any atom is -0.369 e. The Morgan fingerprint density at radius 1 is 1.39 bits per heavy atom. The molecule has 0 N–H and O–H groups in total. The third-order valence-electron chi connectivity index (χ3n) is 4.09. The molecule has 0 spiro atoms. The van der Waals surface area contributed by atoms with Gasteiger partial charge in [-0.25, -0.2) is 0 Å². The molecule has 5 nitrogen and oxygen atoms in total. The van der Waals surface area contributed by atoms with Crippen molar-refractivity contribution < 1.29 is 14.1 Å². The molecule has 2 atom stereocenters. The van der Waals surface area contributed by atoms with Crippen molar-refractivity contribution >= 4 is 17.5 Å². The maximum absolute atomic E-state index is 12.5. The fourth-order valence-electron chi connectivity index (χ4n) is 2.77. The number of aromatic nitrogens is 1. The van der Waals surface area contributed by atoms with E-state index in [4.69, 9.17) is 20.9 Å². The molecular formula is C17H19ClN2O3. The van der Waals surface area contributed by atoms with Crippen LogP contribution in [-0.4, -0.2) is 35.2 Å². The summed E-state index contributed by atoms with van der Waals surface area (Å²) >= 11 is 6.25. The molecule has 1 aromatic carbocycles. The summed E-state index contributed by atoms with van der Waals surface area (Å²) in [7, 11) is 0. The van der Waals surface area contributed by atoms with E-state index >= 15 is 0 Å². The zero-order chi connectivity index (χ0) is 16.2. The van der Waals surface area contributed by atoms with E-state index in [1.165, 1.54) is 6.26 Å². The quantitative estimate of drug-likeness (QED) is 0.861. The number of amides is 1. The van der Waals surface area contributed by atoms with Crippen molar-refractivity contribution in [2.75, 3.05) is 13.2 Å². The Hall–Kier alpha value is -1.85. The number of carbonyl (C=O) groups excluding carboxylic acids is 1. The van der Waals surface area contributed by atoms with Gasteiger partial charge in [-0.3, -0.25) is 4.79 Å². The van der Waals surface area contributed by atoms with Gasteiger partial charge in [0.25, 0.3) is 0 Å². The summed E-state index contributed by atoms with van der Waals surface area (Å²) in [5.74, 6) is 0.0980. The van der Waals surface area contributed by atoms with Crippen LogP contribution < -0.4 is 0 Å². The molecule has 1 saturated heterocycles. The Kier molecular flexibility index (Phi) is 4.98. The molecule has 0 radical (unpaired) electrons. The van der Waals surface area contributed by atoms with Crippen LogP contribution in [0.25, 0.3) is 0 Å². The Morgan fingerprint density at radius 3 is 2.96 bits per heavy atom. The van der Waals surface area contributed by atoms with Crippen molar-refractivity contribution in [3.05, 3.63) is 52.9 Å². The first-order valence-corrected chi connectivity index (χ1v) is 8.07. The molecule has 2 unspecified atom stereocenters. The topological polar surface area (TPSA) is 55.6 Å². The van der Waals surface area contributed by atoms with Gasteiger partial charge in [-0.1, -0.05) is 35.0 Å². The molecule has 1 aromatic heterocycles. The molecule has 23 heavy (non-hydrogen) atoms. The summed E-state index contributed by atoms with van der Waals surface area (Å²) in [6, 6.07) is 9.44. The predicted octanol–water partition coefficient (Wildman–Crippen LogP) is 3.25. The van der Waals surface area contributed by atoms with Crippen LogP contribution in [0.15, 0.2) is 41.1 Å². The van der Waals surface area contributed by atoms with Crippen molar-refractivity contribution in [2.24, 2.45) is 0 Å². The van der Waals surface area contributed by atoms with E-state index in [0.29, 0.717) is 31.0 Å². The summed E-state index contributed by atoms with van der Waals surface area (Å²) < 4.78 is 10.7. The molecule has 2 heterocycles. The number of morpholine rings is 1. The number of halogens is 1. The molecular weight excluding hydrogens is 316 g/mol. The number of carbonyl (C=O) groups is 1. The maximum Gasteiger partial charge on any atom is 0.223 e. The molecule has 1 amide bonds. The number of ether oxygens (including phenoxy) is 1. The lowest BCUT2D eigenvalue weighted by Gasteiger charge is -2.38. The molecule has 122 valence electrons. The number of rotatable bonds is 4. The third kappa shape index (κ3) is 3.74. The number of hydrogen-bond acceptors (Lipinski definition) is 4. The van der Waals surface area contributed by atoms with Gasteiger partial charge < -0.3 is 14.2 Å². The summed E-state index contributed by atoms with van der Waals surface area (Å²) in [5.41, 5.74) is 1.72. The minimum absolute atomic E-state index is 0.0542. The van der Waals surface area contributed by atoms with Gasteiger partial charge in [-0.2, -0.15) is 0 Å². The average Bonchev–Trinajstić information content (AvgIpc) is 3.07. The predicted molar refractivity (Wildman–Crippen MR) is 86.1 cm³/mol. The van der Waals surface area contributed by atoms with Gasteiger partial charge in [0.2, 0.25) is 5.91 Å². The highest BCUT2D eigenvalue weighted by Crippen LogP contribution is 2.30. The summed E-state index contributed by atoms with van der Waals surface area (Å²) in [6.45, 7) is 3.02. The summed E-state index contributed by atoms with van der Waals surface area (Å²) in [6.07, 6.45) is 2.32. The van der Waals surface area contributed by atoms with Gasteiger partial charge in [0.1, 0.15) is 12.4 Å². The molecule has 1 aliphatic rings. The SMILES string of the molecule is CC1COC(c2ccccc2Cl)CN1C(=O)CCc1ccon1. The molecule has 0 saturated carbocycles. The fourth-order valence-corrected chi connectivity index (χ4v) is 3.03. The zero-order valence-corrected chi connectivity index (χ0v) is 13.7. The van der Waals surface area contributed by atoms with E-state index in [0.717, 1.165) is 11.3 Å². The van der Waals surface area contributed by atoms with Crippen LogP contribution in [0.5, 0.6) is 0 Å². The number of benzene rings is 1. The Bertz CT molecular complexity index is 660. The third-order valence-corrected chi connectivity index (χ3v) is 4.44. The first-order valence-electron chi connectivity index (χ1n) is 7.70. The first-order chi connectivity index (χ1) is 11.1. The van der Waals surface area contributed by atoms with Gasteiger partial charge in [-0.15, -0.1) is 0 Å². The highest BCUT2D eigenvalue weighted by Gasteiger charge is 2.31. The van der Waals surface area contributed by atoms with E-state index in [-0.39, 0.29) is 18.1 Å². The van der Waals surface area contributed by atoms with Crippen LogP contribution in [0.3, 0.4) is 0 Å². The van der Waals surface area contributed by atoms with E-state index in [1.54, 1.807) is 6.07 Å². The molecule has 3 rings (SSSR count). The molecule has 0 bridgehead atoms. The van der Waals surface area contributed by atoms with Gasteiger partial charge in [0, 0.05) is 29.5 Å². The lowest BCUT2D eigenvalue weighted by atomic mass is 10.1. The van der Waals surface area contributed by atoms with Gasteiger partial charge in [-0.05, 0) is 13.0 Å². The summed E-state index contributed by atoms with van der Waals surface area (Å²) in [5, 5.41) is 4.51. The lowest BCUT2D eigenvalue weighted by molar-refractivity contribution is -0.144. The largest absolute Gasteiger partial charge is 0.369 e. The highest BCUT2D eigenvalue weighted by molar-refractivity contribution is 6.31. The second kappa shape index (κ2) is 7.15. The van der Waals surface area contributed by atoms with Crippen LogP contribution in [-0.2, 0) is 16.0 Å². The Labute approximate surface area is 140 Å². The highest BCUT2D eigenvalue weighted by atomic mass is 35.5. The lowest BCUT2D eigenvalue weighted by Crippen LogP contribution is -2.48. The van der Waals surface area contributed by atoms with E-state index in [2.05, 4.69) is 5.16 Å². The minimum atomic E-state index is -0.184. The van der Waals surface area contributed by atoms with Crippen LogP contribution in [0.1, 0.15) is 30.7 Å². The van der Waals surface area contributed by atoms with E-state index in [9.17, 15) is 4.79 Å². The van der Waals surface area contributed by atoms with Crippen LogP contribution in [0.4, 0.5) is 0 Å². The van der Waals surface area contributed by atoms with Gasteiger partial charge in [0.15, 0.2) is 0 Å². The second-order valence-corrected chi connectivity index (χ2v) is 6.14. The number of aryl methyl sites for hydroxylation is 1. The molecule has 1 fully saturated rings. The summed E-state index contributed by atoms with van der Waals surface area (Å²) in [4.78, 5) is 14.4. The van der Waals surface area contributed by atoms with Gasteiger partial charge >= 0.3 is 0 Å². The molecule has 2 aromatic rings. The molecule has 6 heteroatoms. The van der Waals surface area contributed by atoms with Crippen LogP contribution >= 0.6 is 11.6 Å². The Balaban J connectivity index is 1.66. The normalized spacial score (nSPS) is 21.4. The zero-order valence-electron chi connectivity index (χ0n) is 12.9. The fraction of sp³-hybridized carbons (Fsp3) is 0.412. The van der Waals surface area contributed by atoms with Gasteiger partial charge in [0.05, 0.1) is 24.9 Å². The smallest absolute Gasteiger partial charge is 0.223 e. The van der Waals surface area contributed by atoms with E-state index in [1.807, 2.05) is 36.1 Å². The van der Waals surface area contributed by atoms with Crippen molar-refractivity contribution in [3.8, 4) is 0 Å². The standard InChI is InChI=1S/C17H19ClN2O3/c1-12-11-22-16(14-4-2-3-5-15(14)18)10-20(12)17(21)7-6-13-8-9-23-19-13/h2-5,8-9,12,16H,6-7,10-11H2,1H3. The Morgan fingerprint density at radius 2 is 2.22 bits per heavy atom. The van der Waals surface area contributed by atoms with Crippen molar-refractivity contribution in [3.63, 3.8) is 0 Å². The molecule has 0 aliphatic carbocycles. The van der Waals surface area contributed by atoms with Crippen molar-refractivity contribution in [2.45, 2.75) is 31.9 Å². The molecule has 1 aliphatic heterocycles. The maximum atomic E-state index is 12.5. The number of nitrogens with zero attached hydrogens (tertiary/aromatic N) is 2. The second-order valence-electron chi connectivity index (χ2n) is 5.73. The average molecular weight is 335 g/mol. The first kappa shape index (κ1) is 16.0. The number of hydrogen-bond donors (Lipinski definition) is 0. The van der Waals surface area contributed by atoms with E-state index < -0.39 is 0 Å².